The summed E-state index contributed by atoms with van der Waals surface area (Å²) >= 11 is 6.07. The molecule has 6 heteroatoms. The summed E-state index contributed by atoms with van der Waals surface area (Å²) in [6.07, 6.45) is -1.03. The zero-order chi connectivity index (χ0) is 16.6. The molecule has 1 unspecified atom stereocenters. The molecule has 0 aliphatic carbocycles. The third-order valence-corrected chi connectivity index (χ3v) is 3.85. The molecule has 3 rings (SSSR count). The number of aliphatic imine (C=N–C) groups is 1. The quantitative estimate of drug-likeness (QED) is 0.919. The van der Waals surface area contributed by atoms with Crippen molar-refractivity contribution < 1.29 is 14.3 Å². The Bertz CT molecular complexity index is 805. The zero-order valence-electron chi connectivity index (χ0n) is 12.3. The van der Waals surface area contributed by atoms with Gasteiger partial charge in [-0.25, -0.2) is 4.39 Å². The van der Waals surface area contributed by atoms with E-state index in [9.17, 15) is 14.3 Å². The fourth-order valence-electron chi connectivity index (χ4n) is 2.64. The lowest BCUT2D eigenvalue weighted by Gasteiger charge is -2.25. The first-order chi connectivity index (χ1) is 11.0. The molecule has 0 saturated heterocycles. The van der Waals surface area contributed by atoms with Gasteiger partial charge in [0.1, 0.15) is 18.6 Å². The summed E-state index contributed by atoms with van der Waals surface area (Å²) in [6, 6.07) is 11.1. The third-order valence-electron chi connectivity index (χ3n) is 3.62. The summed E-state index contributed by atoms with van der Waals surface area (Å²) in [5.74, 6) is -0.801. The van der Waals surface area contributed by atoms with Crippen LogP contribution in [0.1, 0.15) is 18.1 Å². The van der Waals surface area contributed by atoms with Crippen LogP contribution in [0.3, 0.4) is 0 Å². The van der Waals surface area contributed by atoms with E-state index in [2.05, 4.69) is 4.99 Å². The molecule has 4 nitrogen and oxygen atoms in total. The highest BCUT2D eigenvalue weighted by Crippen LogP contribution is 2.31. The second-order valence-electron chi connectivity index (χ2n) is 5.20. The fourth-order valence-corrected chi connectivity index (χ4v) is 2.82. The van der Waals surface area contributed by atoms with Crippen molar-refractivity contribution in [2.45, 2.75) is 13.2 Å². The normalized spacial score (nSPS) is 15.7. The Morgan fingerprint density at radius 1 is 1.26 bits per heavy atom. The first-order valence-electron chi connectivity index (χ1n) is 7.08. The van der Waals surface area contributed by atoms with Crippen LogP contribution in [0.4, 0.5) is 10.1 Å². The number of aliphatic hydroxyl groups excluding tert-OH is 1. The van der Waals surface area contributed by atoms with E-state index in [1.807, 2.05) is 0 Å². The van der Waals surface area contributed by atoms with Crippen molar-refractivity contribution in [3.63, 3.8) is 0 Å². The topological polar surface area (TPSA) is 52.9 Å². The largest absolute Gasteiger partial charge is 0.373 e. The average Bonchev–Trinajstić information content (AvgIpc) is 2.64. The van der Waals surface area contributed by atoms with Gasteiger partial charge in [0.25, 0.3) is 5.91 Å². The molecule has 1 atom stereocenters. The Labute approximate surface area is 137 Å². The maximum Gasteiger partial charge on any atom is 0.250 e. The van der Waals surface area contributed by atoms with Gasteiger partial charge in [-0.05, 0) is 37.3 Å². The van der Waals surface area contributed by atoms with E-state index in [1.54, 1.807) is 36.4 Å². The van der Waals surface area contributed by atoms with E-state index in [4.69, 9.17) is 11.6 Å². The molecule has 1 N–H and O–H groups in total. The van der Waals surface area contributed by atoms with E-state index in [-0.39, 0.29) is 18.0 Å². The number of rotatable bonds is 2. The van der Waals surface area contributed by atoms with Crippen LogP contribution in [0.15, 0.2) is 47.5 Å². The van der Waals surface area contributed by atoms with E-state index in [0.717, 1.165) is 0 Å². The van der Waals surface area contributed by atoms with Crippen molar-refractivity contribution in [3.8, 4) is 0 Å². The Kier molecular flexibility index (Phi) is 4.15. The minimum absolute atomic E-state index is 0.180. The van der Waals surface area contributed by atoms with Crippen LogP contribution in [0.25, 0.3) is 0 Å². The number of amides is 1. The van der Waals surface area contributed by atoms with Gasteiger partial charge in [0.2, 0.25) is 0 Å². The van der Waals surface area contributed by atoms with Gasteiger partial charge in [0.05, 0.1) is 11.4 Å². The first kappa shape index (κ1) is 15.6. The third kappa shape index (κ3) is 2.85. The summed E-state index contributed by atoms with van der Waals surface area (Å²) in [6.45, 7) is 1.31. The van der Waals surface area contributed by atoms with E-state index >= 15 is 0 Å². The Balaban J connectivity index is 2.26. The van der Waals surface area contributed by atoms with Gasteiger partial charge < -0.3 is 5.11 Å². The number of aliphatic hydroxyl groups is 1. The number of halogens is 2. The number of carbonyl (C=O) groups is 1. The van der Waals surface area contributed by atoms with Gasteiger partial charge >= 0.3 is 0 Å². The number of hydrogen-bond donors (Lipinski definition) is 1. The van der Waals surface area contributed by atoms with E-state index in [1.165, 1.54) is 17.9 Å². The molecule has 1 aliphatic heterocycles. The standard InChI is InChI=1S/C17H14ClFN2O2/c1-10(22)21-15-7-6-11(18)8-13(15)17(20-9-16(21)23)12-4-2-3-5-14(12)19/h2-8,10,22H,9H2,1H3. The minimum atomic E-state index is -1.03. The number of benzene rings is 2. The van der Waals surface area contributed by atoms with Crippen LogP contribution >= 0.6 is 11.6 Å². The number of fused-ring (bicyclic) bond motifs is 1. The molecule has 23 heavy (non-hydrogen) atoms. The number of nitrogens with zero attached hydrogens (tertiary/aromatic N) is 2. The van der Waals surface area contributed by atoms with Crippen LogP contribution < -0.4 is 4.90 Å². The molecule has 1 amide bonds. The molecule has 0 radical (unpaired) electrons. The van der Waals surface area contributed by atoms with Crippen LogP contribution in [-0.2, 0) is 4.79 Å². The maximum atomic E-state index is 14.2. The van der Waals surface area contributed by atoms with Crippen LogP contribution in [0.2, 0.25) is 5.02 Å². The van der Waals surface area contributed by atoms with Gasteiger partial charge in [-0.2, -0.15) is 0 Å². The van der Waals surface area contributed by atoms with Crippen molar-refractivity contribution in [2.24, 2.45) is 4.99 Å². The van der Waals surface area contributed by atoms with Gasteiger partial charge in [0.15, 0.2) is 0 Å². The SMILES string of the molecule is CC(O)N1C(=O)CN=C(c2ccccc2F)c2cc(Cl)ccc21. The molecule has 0 spiro atoms. The van der Waals surface area contributed by atoms with Gasteiger partial charge in [-0.1, -0.05) is 23.7 Å². The highest BCUT2D eigenvalue weighted by molar-refractivity contribution is 6.32. The van der Waals surface area contributed by atoms with Crippen molar-refractivity contribution in [3.05, 3.63) is 64.4 Å². The van der Waals surface area contributed by atoms with Crippen molar-refractivity contribution >= 4 is 28.9 Å². The van der Waals surface area contributed by atoms with Gasteiger partial charge in [-0.15, -0.1) is 0 Å². The van der Waals surface area contributed by atoms with Crippen LogP contribution in [0, 0.1) is 5.82 Å². The number of anilines is 1. The molecule has 1 aliphatic rings. The highest BCUT2D eigenvalue weighted by Gasteiger charge is 2.28. The Morgan fingerprint density at radius 3 is 2.70 bits per heavy atom. The predicted octanol–water partition coefficient (Wildman–Crippen LogP) is 3.00. The summed E-state index contributed by atoms with van der Waals surface area (Å²) in [7, 11) is 0. The molecule has 2 aromatic carbocycles. The van der Waals surface area contributed by atoms with Crippen molar-refractivity contribution in [2.75, 3.05) is 11.4 Å². The smallest absolute Gasteiger partial charge is 0.250 e. The molecule has 0 aromatic heterocycles. The molecule has 0 saturated carbocycles. The lowest BCUT2D eigenvalue weighted by molar-refractivity contribution is -0.118. The Hall–Kier alpha value is -2.24. The molecular formula is C17H14ClFN2O2. The zero-order valence-corrected chi connectivity index (χ0v) is 13.1. The first-order valence-corrected chi connectivity index (χ1v) is 7.46. The number of benzodiazepines with no additional fused rings is 1. The molecule has 0 fully saturated rings. The van der Waals surface area contributed by atoms with Crippen molar-refractivity contribution in [1.82, 2.24) is 0 Å². The Morgan fingerprint density at radius 2 is 2.00 bits per heavy atom. The molecule has 1 heterocycles. The fraction of sp³-hybridized carbons (Fsp3) is 0.176. The lowest BCUT2D eigenvalue weighted by Crippen LogP contribution is -2.39. The van der Waals surface area contributed by atoms with Crippen molar-refractivity contribution in [1.29, 1.82) is 0 Å². The van der Waals surface area contributed by atoms with Crippen LogP contribution in [-0.4, -0.2) is 29.5 Å². The number of hydrogen-bond acceptors (Lipinski definition) is 3. The van der Waals surface area contributed by atoms with E-state index in [0.29, 0.717) is 22.0 Å². The maximum absolute atomic E-state index is 14.2. The monoisotopic (exact) mass is 332 g/mol. The second-order valence-corrected chi connectivity index (χ2v) is 5.64. The predicted molar refractivity (Wildman–Crippen MR) is 87.5 cm³/mol. The van der Waals surface area contributed by atoms with Crippen LogP contribution in [0.5, 0.6) is 0 Å². The summed E-state index contributed by atoms with van der Waals surface area (Å²) in [5, 5.41) is 10.4. The van der Waals surface area contributed by atoms with Gasteiger partial charge in [0, 0.05) is 16.1 Å². The summed E-state index contributed by atoms with van der Waals surface area (Å²) in [4.78, 5) is 17.8. The highest BCUT2D eigenvalue weighted by atomic mass is 35.5. The molecule has 118 valence electrons. The second kappa shape index (κ2) is 6.10. The molecule has 2 aromatic rings. The van der Waals surface area contributed by atoms with Gasteiger partial charge in [-0.3, -0.25) is 14.7 Å². The summed E-state index contributed by atoms with van der Waals surface area (Å²) < 4.78 is 14.2. The number of carbonyl (C=O) groups excluding carboxylic acids is 1. The molecular weight excluding hydrogens is 319 g/mol. The minimum Gasteiger partial charge on any atom is -0.373 e. The lowest BCUT2D eigenvalue weighted by atomic mass is 9.99. The average molecular weight is 333 g/mol. The van der Waals surface area contributed by atoms with E-state index < -0.39 is 12.0 Å². The molecule has 0 bridgehead atoms. The summed E-state index contributed by atoms with van der Waals surface area (Å²) in [5.41, 5.74) is 1.59.